The normalized spacial score (nSPS) is 22.1. The molecule has 61 heavy (non-hydrogen) atoms. The fourth-order valence-corrected chi connectivity index (χ4v) is 7.86. The molecule has 10 N–H and O–H groups in total. The third-order valence-electron chi connectivity index (χ3n) is 11.3. The summed E-state index contributed by atoms with van der Waals surface area (Å²) in [5, 5.41) is 18.5. The molecule has 5 atom stereocenters. The number of fused-ring (bicyclic) bond motifs is 1. The van der Waals surface area contributed by atoms with Gasteiger partial charge in [0.15, 0.2) is 0 Å². The van der Waals surface area contributed by atoms with Crippen molar-refractivity contribution in [2.24, 2.45) is 11.7 Å². The van der Waals surface area contributed by atoms with Crippen molar-refractivity contribution in [2.75, 3.05) is 13.1 Å². The highest BCUT2D eigenvalue weighted by atomic mass is 16.2. The number of H-pyrrole nitrogens is 2. The molecule has 328 valence electrons. The summed E-state index contributed by atoms with van der Waals surface area (Å²) in [6, 6.07) is 11.9. The Kier molecular flexibility index (Phi) is 17.9. The number of benzene rings is 2. The second-order valence-corrected chi connectivity index (χ2v) is 15.8. The van der Waals surface area contributed by atoms with Crippen molar-refractivity contribution >= 4 is 46.3 Å². The topological polar surface area (TPSA) is 245 Å². The van der Waals surface area contributed by atoms with Gasteiger partial charge >= 0.3 is 0 Å². The number of imidazole rings is 1. The van der Waals surface area contributed by atoms with Crippen molar-refractivity contribution in [3.05, 3.63) is 90.1 Å². The van der Waals surface area contributed by atoms with Gasteiger partial charge in [0.25, 0.3) is 0 Å². The van der Waals surface area contributed by atoms with Crippen LogP contribution in [0.3, 0.4) is 0 Å². The first-order valence-corrected chi connectivity index (χ1v) is 21.6. The number of para-hydroxylation sites is 1. The molecular weight excluding hydrogens is 777 g/mol. The lowest BCUT2D eigenvalue weighted by molar-refractivity contribution is -0.134. The molecule has 4 aromatic rings. The number of nitrogens with zero attached hydrogens (tertiary/aromatic N) is 1. The van der Waals surface area contributed by atoms with Crippen LogP contribution in [-0.2, 0) is 48.0 Å². The van der Waals surface area contributed by atoms with Crippen LogP contribution >= 0.6 is 0 Å². The van der Waals surface area contributed by atoms with E-state index in [1.807, 2.05) is 74.6 Å². The van der Waals surface area contributed by atoms with E-state index in [0.717, 1.165) is 34.9 Å². The zero-order chi connectivity index (χ0) is 43.6. The second-order valence-electron chi connectivity index (χ2n) is 15.8. The molecule has 6 amide bonds. The Hall–Kier alpha value is -6.03. The minimum Gasteiger partial charge on any atom is -0.361 e. The third-order valence-corrected chi connectivity index (χ3v) is 11.3. The number of hydrogen-bond acceptors (Lipinski definition) is 8. The molecule has 16 heteroatoms. The van der Waals surface area contributed by atoms with Gasteiger partial charge in [0, 0.05) is 68.0 Å². The summed E-state index contributed by atoms with van der Waals surface area (Å²) in [5.41, 5.74) is 8.86. The zero-order valence-corrected chi connectivity index (χ0v) is 35.3. The summed E-state index contributed by atoms with van der Waals surface area (Å²) in [6.45, 7) is 4.59. The fraction of sp³-hybridized carbons (Fsp3) is 0.489. The molecule has 2 unspecified atom stereocenters. The first-order valence-electron chi connectivity index (χ1n) is 21.6. The number of aromatic amines is 2. The van der Waals surface area contributed by atoms with Crippen LogP contribution in [-0.4, -0.2) is 93.7 Å². The average molecular weight is 839 g/mol. The van der Waals surface area contributed by atoms with E-state index in [-0.39, 0.29) is 62.8 Å². The molecule has 0 saturated carbocycles. The highest BCUT2D eigenvalue weighted by molar-refractivity contribution is 5.96. The zero-order valence-electron chi connectivity index (χ0n) is 35.3. The first-order chi connectivity index (χ1) is 29.6. The lowest BCUT2D eigenvalue weighted by Crippen LogP contribution is -2.59. The van der Waals surface area contributed by atoms with Gasteiger partial charge in [0.05, 0.1) is 12.0 Å². The van der Waals surface area contributed by atoms with Gasteiger partial charge in [-0.1, -0.05) is 81.6 Å². The molecule has 2 aromatic heterocycles. The summed E-state index contributed by atoms with van der Waals surface area (Å²) in [7, 11) is 0. The van der Waals surface area contributed by atoms with Crippen LogP contribution in [0.1, 0.15) is 88.5 Å². The molecule has 0 aliphatic carbocycles. The number of rotatable bonds is 12. The Bertz CT molecular complexity index is 2030. The number of hydrogen-bond donors (Lipinski definition) is 9. The Morgan fingerprint density at radius 1 is 0.689 bits per heavy atom. The SMILES string of the molecule is CCC(CC)C1CC(=O)N[C@@H](Cc2c[nH]cn2)C(=O)NC(Cc2ccccc2)C(=O)N[C@@H](CCCN)C(=O)N[C@@H](Cc2c[nH]c3ccccc23)C(=O)NCCCCCC(=O)N1. The molecule has 0 radical (unpaired) electrons. The standard InChI is InChI=1S/C45H62N10O6/c1-3-30(4-2)36-25-41(57)52-39(24-32-27-47-28-50-32)45(61)54-37(22-29-14-7-5-8-15-29)44(60)53-35(18-13-20-46)43(59)55-38(23-31-26-49-34-17-11-10-16-33(31)34)42(58)48-21-12-6-9-19-40(56)51-36/h5,7-8,10-11,14-17,26-28,30,35-39,49H,3-4,6,9,12-13,18-25,46H2,1-2H3,(H,47,50)(H,48,58)(H,51,56)(H,52,57)(H,53,60)(H,54,61)(H,55,59)/t35-,36?,37?,38-,39-/m0/s1. The highest BCUT2D eigenvalue weighted by Gasteiger charge is 2.33. The molecule has 1 fully saturated rings. The molecule has 0 bridgehead atoms. The van der Waals surface area contributed by atoms with Crippen molar-refractivity contribution < 1.29 is 28.8 Å². The number of nitrogens with one attached hydrogen (secondary N) is 8. The predicted octanol–water partition coefficient (Wildman–Crippen LogP) is 2.60. The second kappa shape index (κ2) is 23.7. The van der Waals surface area contributed by atoms with Crippen molar-refractivity contribution in [3.63, 3.8) is 0 Å². The average Bonchev–Trinajstić information content (AvgIpc) is 3.93. The molecule has 3 heterocycles. The van der Waals surface area contributed by atoms with Crippen LogP contribution in [0.15, 0.2) is 73.3 Å². The molecule has 1 aliphatic heterocycles. The van der Waals surface area contributed by atoms with Crippen LogP contribution in [0.5, 0.6) is 0 Å². The van der Waals surface area contributed by atoms with Crippen molar-refractivity contribution in [1.82, 2.24) is 46.9 Å². The number of amides is 6. The predicted molar refractivity (Wildman–Crippen MR) is 233 cm³/mol. The summed E-state index contributed by atoms with van der Waals surface area (Å²) >= 11 is 0. The van der Waals surface area contributed by atoms with Crippen LogP contribution in [0.2, 0.25) is 0 Å². The first kappa shape index (κ1) is 46.0. The van der Waals surface area contributed by atoms with E-state index in [2.05, 4.69) is 46.9 Å². The number of aromatic nitrogens is 3. The molecule has 16 nitrogen and oxygen atoms in total. The lowest BCUT2D eigenvalue weighted by Gasteiger charge is -2.28. The summed E-state index contributed by atoms with van der Waals surface area (Å²) in [5.74, 6) is -2.84. The minimum absolute atomic E-state index is 0.0118. The van der Waals surface area contributed by atoms with Crippen molar-refractivity contribution in [2.45, 2.75) is 121 Å². The Morgan fingerprint density at radius 2 is 1.36 bits per heavy atom. The maximum absolute atomic E-state index is 14.3. The maximum Gasteiger partial charge on any atom is 0.243 e. The third kappa shape index (κ3) is 14.0. The maximum atomic E-state index is 14.3. The number of nitrogens with two attached hydrogens (primary N) is 1. The Labute approximate surface area is 357 Å². The molecule has 5 rings (SSSR count). The van der Waals surface area contributed by atoms with E-state index >= 15 is 0 Å². The van der Waals surface area contributed by atoms with Gasteiger partial charge in [-0.25, -0.2) is 4.98 Å². The molecular formula is C45H62N10O6. The number of carbonyl (C=O) groups is 6. The van der Waals surface area contributed by atoms with Crippen LogP contribution < -0.4 is 37.6 Å². The largest absolute Gasteiger partial charge is 0.361 e. The summed E-state index contributed by atoms with van der Waals surface area (Å²) in [4.78, 5) is 94.1. The van der Waals surface area contributed by atoms with Gasteiger partial charge in [0.1, 0.15) is 24.2 Å². The van der Waals surface area contributed by atoms with Crippen LogP contribution in [0.4, 0.5) is 0 Å². The van der Waals surface area contributed by atoms with E-state index in [0.29, 0.717) is 37.9 Å². The van der Waals surface area contributed by atoms with E-state index < -0.39 is 53.8 Å². The molecule has 2 aromatic carbocycles. The van der Waals surface area contributed by atoms with Crippen molar-refractivity contribution in [1.29, 1.82) is 0 Å². The quantitative estimate of drug-likeness (QED) is 0.102. The van der Waals surface area contributed by atoms with Gasteiger partial charge in [-0.3, -0.25) is 28.8 Å². The minimum atomic E-state index is -1.18. The lowest BCUT2D eigenvalue weighted by atomic mass is 9.91. The van der Waals surface area contributed by atoms with Gasteiger partial charge in [-0.2, -0.15) is 0 Å². The van der Waals surface area contributed by atoms with Crippen molar-refractivity contribution in [3.8, 4) is 0 Å². The fourth-order valence-electron chi connectivity index (χ4n) is 7.86. The smallest absolute Gasteiger partial charge is 0.243 e. The number of carbonyl (C=O) groups excluding carboxylic acids is 6. The summed E-state index contributed by atoms with van der Waals surface area (Å²) < 4.78 is 0. The van der Waals surface area contributed by atoms with Gasteiger partial charge in [-0.05, 0) is 55.3 Å². The molecule has 1 aliphatic rings. The van der Waals surface area contributed by atoms with Gasteiger partial charge in [-0.15, -0.1) is 0 Å². The Morgan fingerprint density at radius 3 is 2.07 bits per heavy atom. The van der Waals surface area contributed by atoms with Gasteiger partial charge < -0.3 is 47.6 Å². The molecule has 1 saturated heterocycles. The van der Waals surface area contributed by atoms with Crippen LogP contribution in [0, 0.1) is 5.92 Å². The van der Waals surface area contributed by atoms with E-state index in [1.165, 1.54) is 6.33 Å². The van der Waals surface area contributed by atoms with Gasteiger partial charge in [0.2, 0.25) is 35.4 Å². The van der Waals surface area contributed by atoms with E-state index in [1.54, 1.807) is 6.20 Å². The van der Waals surface area contributed by atoms with Crippen LogP contribution in [0.25, 0.3) is 10.9 Å². The monoisotopic (exact) mass is 838 g/mol. The molecule has 0 spiro atoms. The van der Waals surface area contributed by atoms with E-state index in [9.17, 15) is 28.8 Å². The van der Waals surface area contributed by atoms with E-state index in [4.69, 9.17) is 5.73 Å². The Balaban J connectivity index is 1.47. The summed E-state index contributed by atoms with van der Waals surface area (Å²) in [6.07, 6.45) is 9.20. The highest BCUT2D eigenvalue weighted by Crippen LogP contribution is 2.20.